The van der Waals surface area contributed by atoms with E-state index < -0.39 is 0 Å². The highest BCUT2D eigenvalue weighted by Crippen LogP contribution is 2.50. The van der Waals surface area contributed by atoms with Gasteiger partial charge in [-0.05, 0) is 25.3 Å². The summed E-state index contributed by atoms with van der Waals surface area (Å²) in [6.07, 6.45) is 15.2. The van der Waals surface area contributed by atoms with E-state index in [-0.39, 0.29) is 23.3 Å². The minimum absolute atomic E-state index is 0.200. The lowest BCUT2D eigenvalue weighted by atomic mass is 9.88. The molecular formula is C32H20N18O. The van der Waals surface area contributed by atoms with Crippen LogP contribution in [0.5, 0.6) is 0 Å². The van der Waals surface area contributed by atoms with Gasteiger partial charge in [-0.25, -0.2) is 79.8 Å². The summed E-state index contributed by atoms with van der Waals surface area (Å²) in [4.78, 5) is 78.5. The first-order chi connectivity index (χ1) is 25.2. The second-order valence-corrected chi connectivity index (χ2v) is 10.4. The molecule has 6 heterocycles. The minimum atomic E-state index is 0.200. The van der Waals surface area contributed by atoms with Crippen molar-refractivity contribution in [3.05, 3.63) is 80.5 Å². The summed E-state index contributed by atoms with van der Waals surface area (Å²) in [5, 5.41) is 1.14. The van der Waals surface area contributed by atoms with Gasteiger partial charge in [-0.1, -0.05) is 0 Å². The molecule has 0 bridgehead atoms. The van der Waals surface area contributed by atoms with Crippen LogP contribution in [0, 0.1) is 6.92 Å². The molecule has 0 aliphatic heterocycles. The van der Waals surface area contributed by atoms with E-state index >= 15 is 0 Å². The van der Waals surface area contributed by atoms with Gasteiger partial charge in [0.05, 0.1) is 11.1 Å². The van der Waals surface area contributed by atoms with E-state index in [0.717, 1.165) is 5.56 Å². The van der Waals surface area contributed by atoms with Crippen molar-refractivity contribution in [2.45, 2.75) is 6.92 Å². The van der Waals surface area contributed by atoms with Crippen molar-refractivity contribution in [2.75, 3.05) is 7.05 Å². The lowest BCUT2D eigenvalue weighted by Gasteiger charge is -2.18. The van der Waals surface area contributed by atoms with Gasteiger partial charge in [-0.2, -0.15) is 0 Å². The van der Waals surface area contributed by atoms with Crippen LogP contribution in [0.15, 0.2) is 88.7 Å². The molecule has 19 nitrogen and oxygen atoms in total. The number of fused-ring (bicyclic) bond motifs is 3. The maximum atomic E-state index is 6.97. The van der Waals surface area contributed by atoms with Gasteiger partial charge in [0.2, 0.25) is 0 Å². The third-order valence-corrected chi connectivity index (χ3v) is 7.77. The van der Waals surface area contributed by atoms with Crippen molar-refractivity contribution in [3.8, 4) is 56.9 Å². The maximum Gasteiger partial charge on any atom is 0.167 e. The Kier molecular flexibility index (Phi) is 7.85. The van der Waals surface area contributed by atoms with Crippen molar-refractivity contribution in [3.63, 3.8) is 0 Å². The quantitative estimate of drug-likeness (QED) is 0.174. The molecule has 0 unspecified atom stereocenters. The molecule has 51 heavy (non-hydrogen) atoms. The van der Waals surface area contributed by atoms with Gasteiger partial charge >= 0.3 is 0 Å². The minimum Gasteiger partial charge on any atom is -0.454 e. The SMILES string of the molecule is C=NC=NC(=NC)c1c(-c2ncncn2)c(-c2ncncn2)c2c(oc3c(-c4ncncn4)c(C)c(-c4ncncn4)cc32)c1-c1ncncn1. The van der Waals surface area contributed by atoms with Crippen LogP contribution in [0.3, 0.4) is 0 Å². The van der Waals surface area contributed by atoms with Gasteiger partial charge in [0, 0.05) is 40.1 Å². The molecule has 0 N–H and O–H groups in total. The van der Waals surface area contributed by atoms with Crippen LogP contribution in [0.1, 0.15) is 11.1 Å². The Hall–Kier alpha value is -7.70. The number of hydrogen-bond acceptors (Lipinski definition) is 17. The number of hydrogen-bond donors (Lipinski definition) is 0. The molecule has 19 heteroatoms. The molecular weight excluding hydrogens is 652 g/mol. The van der Waals surface area contributed by atoms with Crippen molar-refractivity contribution in [2.24, 2.45) is 15.0 Å². The molecule has 0 aliphatic rings. The van der Waals surface area contributed by atoms with E-state index in [4.69, 9.17) is 4.42 Å². The summed E-state index contributed by atoms with van der Waals surface area (Å²) in [5.74, 6) is 1.70. The van der Waals surface area contributed by atoms with Crippen molar-refractivity contribution in [1.82, 2.24) is 74.8 Å². The molecule has 2 aromatic carbocycles. The van der Waals surface area contributed by atoms with Gasteiger partial charge < -0.3 is 4.42 Å². The Morgan fingerprint density at radius 1 is 0.588 bits per heavy atom. The Balaban J connectivity index is 1.70. The highest BCUT2D eigenvalue weighted by molar-refractivity contribution is 6.27. The van der Waals surface area contributed by atoms with E-state index in [1.165, 1.54) is 69.6 Å². The zero-order valence-corrected chi connectivity index (χ0v) is 26.6. The molecule has 0 aliphatic carbocycles. The summed E-state index contributed by atoms with van der Waals surface area (Å²) in [5.41, 5.74) is 4.35. The third-order valence-electron chi connectivity index (χ3n) is 7.77. The smallest absolute Gasteiger partial charge is 0.167 e. The Morgan fingerprint density at radius 2 is 1.04 bits per heavy atom. The molecule has 0 spiro atoms. The number of nitrogens with zero attached hydrogens (tertiary/aromatic N) is 18. The average Bonchev–Trinajstić information content (AvgIpc) is 3.57. The average molecular weight is 673 g/mol. The fourth-order valence-electron chi connectivity index (χ4n) is 5.80. The number of rotatable bonds is 7. The zero-order chi connectivity index (χ0) is 34.7. The Bertz CT molecular complexity index is 2600. The molecule has 0 saturated heterocycles. The Labute approximate surface area is 286 Å². The standard InChI is InChI=1S/C32H20N18O/c1-16-17(27-41-6-35-7-42-27)4-18-20-21(30-45-10-37-11-46-30)22(31-47-12-38-13-48-31)23(28(34-3)40-5-33-2)24(32-49-14-39-15-50-32)26(20)51-25(18)19(16)29-43-8-36-9-44-29/h4-15H,2H2,1,3H3. The lowest BCUT2D eigenvalue weighted by molar-refractivity contribution is 0.669. The summed E-state index contributed by atoms with van der Waals surface area (Å²) in [6, 6.07) is 1.92. The fraction of sp³-hybridized carbons (Fsp3) is 0.0625. The molecule has 0 amide bonds. The summed E-state index contributed by atoms with van der Waals surface area (Å²) < 4.78 is 6.97. The highest BCUT2D eigenvalue weighted by atomic mass is 16.3. The van der Waals surface area contributed by atoms with Crippen molar-refractivity contribution >= 4 is 40.8 Å². The van der Waals surface area contributed by atoms with E-state index in [0.29, 0.717) is 67.0 Å². The van der Waals surface area contributed by atoms with Gasteiger partial charge in [-0.15, -0.1) is 0 Å². The predicted octanol–water partition coefficient (Wildman–Crippen LogP) is 3.26. The zero-order valence-electron chi connectivity index (χ0n) is 26.6. The van der Waals surface area contributed by atoms with E-state index in [2.05, 4.69) is 96.5 Å². The topological polar surface area (TPSA) is 244 Å². The first kappa shape index (κ1) is 30.6. The largest absolute Gasteiger partial charge is 0.454 e. The number of aliphatic imine (C=N–C) groups is 3. The molecule has 8 aromatic rings. The van der Waals surface area contributed by atoms with E-state index in [1.807, 2.05) is 13.0 Å². The Morgan fingerprint density at radius 3 is 1.53 bits per heavy atom. The second kappa shape index (κ2) is 13.1. The van der Waals surface area contributed by atoms with Gasteiger partial charge in [0.25, 0.3) is 0 Å². The number of furan rings is 1. The maximum absolute atomic E-state index is 6.97. The first-order valence-electron chi connectivity index (χ1n) is 14.9. The normalized spacial score (nSPS) is 11.8. The summed E-state index contributed by atoms with van der Waals surface area (Å²) >= 11 is 0. The number of benzene rings is 2. The van der Waals surface area contributed by atoms with Crippen LogP contribution in [-0.2, 0) is 0 Å². The van der Waals surface area contributed by atoms with Crippen LogP contribution >= 0.6 is 0 Å². The first-order valence-corrected chi connectivity index (χ1v) is 14.9. The molecule has 8 rings (SSSR count). The molecule has 0 fully saturated rings. The van der Waals surface area contributed by atoms with Crippen molar-refractivity contribution in [1.29, 1.82) is 0 Å². The number of amidine groups is 1. The predicted molar refractivity (Wildman–Crippen MR) is 183 cm³/mol. The summed E-state index contributed by atoms with van der Waals surface area (Å²) in [6.45, 7) is 5.46. The molecule has 244 valence electrons. The van der Waals surface area contributed by atoms with Gasteiger partial charge in [0.1, 0.15) is 80.8 Å². The van der Waals surface area contributed by atoms with Crippen molar-refractivity contribution < 1.29 is 4.42 Å². The lowest BCUT2D eigenvalue weighted by Crippen LogP contribution is -2.10. The molecule has 0 saturated carbocycles. The molecule has 0 atom stereocenters. The number of aromatic nitrogens is 15. The second-order valence-electron chi connectivity index (χ2n) is 10.4. The summed E-state index contributed by atoms with van der Waals surface area (Å²) in [7, 11) is 1.58. The van der Waals surface area contributed by atoms with E-state index in [9.17, 15) is 0 Å². The highest BCUT2D eigenvalue weighted by Gasteiger charge is 2.34. The van der Waals surface area contributed by atoms with Gasteiger partial charge in [0.15, 0.2) is 35.0 Å². The van der Waals surface area contributed by atoms with Gasteiger partial charge in [-0.3, -0.25) is 9.98 Å². The van der Waals surface area contributed by atoms with Crippen LogP contribution in [0.25, 0.3) is 78.9 Å². The molecule has 6 aromatic heterocycles. The van der Waals surface area contributed by atoms with E-state index in [1.54, 1.807) is 7.05 Å². The van der Waals surface area contributed by atoms with Crippen LogP contribution < -0.4 is 0 Å². The van der Waals surface area contributed by atoms with Crippen LogP contribution in [0.4, 0.5) is 0 Å². The van der Waals surface area contributed by atoms with Crippen LogP contribution in [0.2, 0.25) is 0 Å². The third kappa shape index (κ3) is 5.26. The molecule has 0 radical (unpaired) electrons. The monoisotopic (exact) mass is 672 g/mol. The fourth-order valence-corrected chi connectivity index (χ4v) is 5.80. The van der Waals surface area contributed by atoms with Crippen LogP contribution in [-0.4, -0.2) is 101 Å².